The van der Waals surface area contributed by atoms with E-state index in [4.69, 9.17) is 0 Å². The lowest BCUT2D eigenvalue weighted by Crippen LogP contribution is -1.92. The number of alkyl halides is 1. The second-order valence-electron chi connectivity index (χ2n) is 2.83. The Labute approximate surface area is 80.9 Å². The molecule has 0 aliphatic carbocycles. The molecule has 0 heterocycles. The lowest BCUT2D eigenvalue weighted by atomic mass is 10.1. The van der Waals surface area contributed by atoms with Crippen molar-refractivity contribution in [3.05, 3.63) is 35.1 Å². The molecular formula is C10H12BrF. The topological polar surface area (TPSA) is 0 Å². The zero-order valence-corrected chi connectivity index (χ0v) is 8.86. The average Bonchev–Trinajstić information content (AvgIpc) is 2.03. The number of aryl methyl sites for hydroxylation is 1. The molecule has 12 heavy (non-hydrogen) atoms. The van der Waals surface area contributed by atoms with Gasteiger partial charge in [-0.3, -0.25) is 0 Å². The number of rotatable bonds is 2. The van der Waals surface area contributed by atoms with Gasteiger partial charge in [0.2, 0.25) is 0 Å². The van der Waals surface area contributed by atoms with E-state index < -0.39 is 0 Å². The van der Waals surface area contributed by atoms with Crippen molar-refractivity contribution in [1.29, 1.82) is 0 Å². The first-order valence-corrected chi connectivity index (χ1v) is 4.99. The third kappa shape index (κ3) is 2.07. The third-order valence-electron chi connectivity index (χ3n) is 1.90. The highest BCUT2D eigenvalue weighted by Gasteiger charge is 2.07. The quantitative estimate of drug-likeness (QED) is 0.678. The zero-order chi connectivity index (χ0) is 9.14. The van der Waals surface area contributed by atoms with E-state index in [9.17, 15) is 4.39 Å². The van der Waals surface area contributed by atoms with Crippen LogP contribution in [0.4, 0.5) is 4.39 Å². The van der Waals surface area contributed by atoms with Crippen LogP contribution in [0.1, 0.15) is 29.8 Å². The van der Waals surface area contributed by atoms with E-state index in [0.29, 0.717) is 0 Å². The van der Waals surface area contributed by atoms with Crippen LogP contribution in [0.3, 0.4) is 0 Å². The Balaban J connectivity index is 3.03. The molecule has 0 radical (unpaired) electrons. The number of hydrogen-bond donors (Lipinski definition) is 0. The van der Waals surface area contributed by atoms with Gasteiger partial charge in [0.25, 0.3) is 0 Å². The summed E-state index contributed by atoms with van der Waals surface area (Å²) < 4.78 is 13.3. The van der Waals surface area contributed by atoms with Crippen LogP contribution in [0.5, 0.6) is 0 Å². The molecule has 0 bridgehead atoms. The van der Waals surface area contributed by atoms with Crippen LogP contribution < -0.4 is 0 Å². The predicted octanol–water partition coefficient (Wildman–Crippen LogP) is 3.84. The molecule has 0 amide bonds. The molecule has 1 unspecified atom stereocenters. The van der Waals surface area contributed by atoms with E-state index in [1.54, 1.807) is 6.07 Å². The zero-order valence-electron chi connectivity index (χ0n) is 7.27. The summed E-state index contributed by atoms with van der Waals surface area (Å²) >= 11 is 3.34. The summed E-state index contributed by atoms with van der Waals surface area (Å²) in [7, 11) is 0. The lowest BCUT2D eigenvalue weighted by molar-refractivity contribution is 0.609. The summed E-state index contributed by atoms with van der Waals surface area (Å²) in [6, 6.07) is 5.41. The molecule has 0 aliphatic heterocycles. The van der Waals surface area contributed by atoms with Crippen molar-refractivity contribution >= 4 is 15.9 Å². The molecule has 1 atom stereocenters. The lowest BCUT2D eigenvalue weighted by Gasteiger charge is -2.06. The van der Waals surface area contributed by atoms with Crippen LogP contribution in [-0.2, 0) is 6.42 Å². The molecule has 1 rings (SSSR count). The SMILES string of the molecule is CCc1ccc(C(C)Br)c(F)c1. The van der Waals surface area contributed by atoms with Crippen molar-refractivity contribution in [2.75, 3.05) is 0 Å². The largest absolute Gasteiger partial charge is 0.207 e. The standard InChI is InChI=1S/C10H12BrF/c1-3-8-4-5-9(7(2)11)10(12)6-8/h4-7H,3H2,1-2H3. The average molecular weight is 231 g/mol. The number of hydrogen-bond acceptors (Lipinski definition) is 0. The van der Waals surface area contributed by atoms with Gasteiger partial charge in [-0.2, -0.15) is 0 Å². The molecule has 0 spiro atoms. The van der Waals surface area contributed by atoms with E-state index in [1.165, 1.54) is 0 Å². The summed E-state index contributed by atoms with van der Waals surface area (Å²) in [5.41, 5.74) is 1.77. The predicted molar refractivity (Wildman–Crippen MR) is 53.1 cm³/mol. The van der Waals surface area contributed by atoms with Gasteiger partial charge in [-0.25, -0.2) is 4.39 Å². The molecule has 0 N–H and O–H groups in total. The van der Waals surface area contributed by atoms with Crippen molar-refractivity contribution in [3.8, 4) is 0 Å². The first-order chi connectivity index (χ1) is 5.65. The highest BCUT2D eigenvalue weighted by molar-refractivity contribution is 9.09. The Morgan fingerprint density at radius 2 is 2.17 bits per heavy atom. The van der Waals surface area contributed by atoms with E-state index in [2.05, 4.69) is 15.9 Å². The van der Waals surface area contributed by atoms with Gasteiger partial charge in [0.05, 0.1) is 0 Å². The molecule has 1 aromatic rings. The first-order valence-electron chi connectivity index (χ1n) is 4.07. The van der Waals surface area contributed by atoms with Crippen LogP contribution >= 0.6 is 15.9 Å². The maximum absolute atomic E-state index is 13.3. The highest BCUT2D eigenvalue weighted by atomic mass is 79.9. The monoisotopic (exact) mass is 230 g/mol. The van der Waals surface area contributed by atoms with Crippen LogP contribution in [0.2, 0.25) is 0 Å². The Hall–Kier alpha value is -0.370. The van der Waals surface area contributed by atoms with Gasteiger partial charge in [0.15, 0.2) is 0 Å². The van der Waals surface area contributed by atoms with Crippen LogP contribution in [-0.4, -0.2) is 0 Å². The molecule has 0 aliphatic rings. The van der Waals surface area contributed by atoms with E-state index in [0.717, 1.165) is 17.5 Å². The van der Waals surface area contributed by atoms with Crippen molar-refractivity contribution < 1.29 is 4.39 Å². The summed E-state index contributed by atoms with van der Waals surface area (Å²) in [5.74, 6) is -0.112. The Morgan fingerprint density at radius 1 is 1.50 bits per heavy atom. The van der Waals surface area contributed by atoms with Crippen molar-refractivity contribution in [2.45, 2.75) is 25.1 Å². The Kier molecular flexibility index (Phi) is 3.27. The molecular weight excluding hydrogens is 219 g/mol. The van der Waals surface area contributed by atoms with E-state index >= 15 is 0 Å². The second kappa shape index (κ2) is 4.04. The summed E-state index contributed by atoms with van der Waals surface area (Å²) in [4.78, 5) is 0.0865. The first kappa shape index (κ1) is 9.72. The molecule has 0 aromatic heterocycles. The Morgan fingerprint density at radius 3 is 2.58 bits per heavy atom. The van der Waals surface area contributed by atoms with E-state index in [1.807, 2.05) is 26.0 Å². The Bertz CT molecular complexity index is 269. The summed E-state index contributed by atoms with van der Waals surface area (Å²) in [5, 5.41) is 0. The molecule has 0 saturated carbocycles. The van der Waals surface area contributed by atoms with Gasteiger partial charge in [0, 0.05) is 10.4 Å². The fourth-order valence-electron chi connectivity index (χ4n) is 1.11. The van der Waals surface area contributed by atoms with Crippen molar-refractivity contribution in [2.24, 2.45) is 0 Å². The molecule has 66 valence electrons. The summed E-state index contributed by atoms with van der Waals surface area (Å²) in [6.07, 6.45) is 0.883. The van der Waals surface area contributed by atoms with Crippen molar-refractivity contribution in [3.63, 3.8) is 0 Å². The normalized spacial score (nSPS) is 13.0. The minimum absolute atomic E-state index is 0.0865. The van der Waals surface area contributed by atoms with Gasteiger partial charge in [0.1, 0.15) is 5.82 Å². The molecule has 0 saturated heterocycles. The third-order valence-corrected chi connectivity index (χ3v) is 2.39. The van der Waals surface area contributed by atoms with E-state index in [-0.39, 0.29) is 10.6 Å². The second-order valence-corrected chi connectivity index (χ2v) is 4.20. The van der Waals surface area contributed by atoms with Crippen LogP contribution in [0.15, 0.2) is 18.2 Å². The van der Waals surface area contributed by atoms with Crippen LogP contribution in [0.25, 0.3) is 0 Å². The summed E-state index contributed by atoms with van der Waals surface area (Å²) in [6.45, 7) is 3.94. The molecule has 2 heteroatoms. The highest BCUT2D eigenvalue weighted by Crippen LogP contribution is 2.24. The number of benzene rings is 1. The minimum Gasteiger partial charge on any atom is -0.207 e. The smallest absolute Gasteiger partial charge is 0.127 e. The molecule has 0 fully saturated rings. The molecule has 1 aromatic carbocycles. The minimum atomic E-state index is -0.112. The van der Waals surface area contributed by atoms with Gasteiger partial charge in [-0.1, -0.05) is 35.0 Å². The van der Waals surface area contributed by atoms with Crippen molar-refractivity contribution in [1.82, 2.24) is 0 Å². The maximum atomic E-state index is 13.3. The van der Waals surface area contributed by atoms with Gasteiger partial charge >= 0.3 is 0 Å². The fraction of sp³-hybridized carbons (Fsp3) is 0.400. The number of halogens is 2. The maximum Gasteiger partial charge on any atom is 0.127 e. The van der Waals surface area contributed by atoms with Gasteiger partial charge < -0.3 is 0 Å². The molecule has 0 nitrogen and oxygen atoms in total. The van der Waals surface area contributed by atoms with Gasteiger partial charge in [-0.05, 0) is 25.0 Å². The van der Waals surface area contributed by atoms with Gasteiger partial charge in [-0.15, -0.1) is 0 Å². The fourth-order valence-corrected chi connectivity index (χ4v) is 1.48. The van der Waals surface area contributed by atoms with Crippen LogP contribution in [0, 0.1) is 5.82 Å².